The molecule has 3 N–H and O–H groups in total. The van der Waals surface area contributed by atoms with Gasteiger partial charge in [-0.1, -0.05) is 6.58 Å². The van der Waals surface area contributed by atoms with Crippen LogP contribution in [0, 0.1) is 0 Å². The first kappa shape index (κ1) is 12.3. The molecule has 0 aromatic carbocycles. The minimum Gasteiger partial charge on any atom is -0.392 e. The van der Waals surface area contributed by atoms with E-state index in [1.54, 1.807) is 0 Å². The van der Waals surface area contributed by atoms with Crippen LogP contribution in [0.5, 0.6) is 0 Å². The average Bonchev–Trinajstić information content (AvgIpc) is 2.16. The van der Waals surface area contributed by atoms with Crippen molar-refractivity contribution in [2.45, 2.75) is 25.5 Å². The molecule has 0 bridgehead atoms. The first-order valence-corrected chi connectivity index (χ1v) is 4.46. The third-order valence-corrected chi connectivity index (χ3v) is 1.52. The third-order valence-electron chi connectivity index (χ3n) is 1.52. The fourth-order valence-electron chi connectivity index (χ4n) is 0.843. The van der Waals surface area contributed by atoms with Crippen LogP contribution in [0.25, 0.3) is 0 Å². The molecule has 0 amide bonds. The van der Waals surface area contributed by atoms with Gasteiger partial charge in [-0.3, -0.25) is 10.3 Å². The Kier molecular flexibility index (Phi) is 8.87. The van der Waals surface area contributed by atoms with E-state index in [1.165, 1.54) is 6.20 Å². The van der Waals surface area contributed by atoms with Crippen LogP contribution < -0.4 is 5.32 Å². The molecule has 0 aromatic rings. The molecule has 0 aliphatic carbocycles. The number of hydrogen-bond acceptors (Lipinski definition) is 4. The predicted octanol–water partition coefficient (Wildman–Crippen LogP) is 0.271. The van der Waals surface area contributed by atoms with Crippen LogP contribution in [-0.2, 0) is 0 Å². The summed E-state index contributed by atoms with van der Waals surface area (Å²) in [6, 6.07) is 0. The Balaban J connectivity index is 3.07. The van der Waals surface area contributed by atoms with Gasteiger partial charge in [0, 0.05) is 12.4 Å². The lowest BCUT2D eigenvalue weighted by atomic mass is 10.2. The Bertz CT molecular complexity index is 149. The van der Waals surface area contributed by atoms with Crippen LogP contribution in [0.15, 0.2) is 17.8 Å². The van der Waals surface area contributed by atoms with Gasteiger partial charge in [0.25, 0.3) is 0 Å². The summed E-state index contributed by atoms with van der Waals surface area (Å²) >= 11 is 0. The largest absolute Gasteiger partial charge is 0.392 e. The lowest BCUT2D eigenvalue weighted by Crippen LogP contribution is -2.32. The van der Waals surface area contributed by atoms with Crippen molar-refractivity contribution in [3.8, 4) is 0 Å². The molecule has 13 heavy (non-hydrogen) atoms. The van der Waals surface area contributed by atoms with E-state index in [4.69, 9.17) is 10.2 Å². The minimum absolute atomic E-state index is 0.238. The molecule has 0 radical (unpaired) electrons. The van der Waals surface area contributed by atoms with Crippen LogP contribution in [0.4, 0.5) is 0 Å². The molecule has 4 nitrogen and oxygen atoms in total. The maximum atomic E-state index is 8.90. The summed E-state index contributed by atoms with van der Waals surface area (Å²) in [7, 11) is 0. The van der Waals surface area contributed by atoms with Crippen molar-refractivity contribution in [3.63, 3.8) is 0 Å². The fraction of sp³-hybridized carbons (Fsp3) is 0.667. The number of aliphatic hydroxyl groups excluding tert-OH is 2. The lowest BCUT2D eigenvalue weighted by molar-refractivity contribution is 0.0680. The van der Waals surface area contributed by atoms with E-state index in [9.17, 15) is 0 Å². The van der Waals surface area contributed by atoms with Crippen molar-refractivity contribution in [1.82, 2.24) is 5.32 Å². The summed E-state index contributed by atoms with van der Waals surface area (Å²) < 4.78 is 0. The van der Waals surface area contributed by atoms with Crippen LogP contribution in [0.1, 0.15) is 19.3 Å². The summed E-state index contributed by atoms with van der Waals surface area (Å²) in [4.78, 5) is 3.85. The number of nitrogens with zero attached hydrogens (tertiary/aromatic N) is 1. The van der Waals surface area contributed by atoms with Crippen LogP contribution in [-0.4, -0.2) is 35.8 Å². The van der Waals surface area contributed by atoms with Gasteiger partial charge >= 0.3 is 0 Å². The van der Waals surface area contributed by atoms with Gasteiger partial charge < -0.3 is 10.2 Å². The molecule has 76 valence electrons. The summed E-state index contributed by atoms with van der Waals surface area (Å²) in [5.74, 6) is 0. The summed E-state index contributed by atoms with van der Waals surface area (Å²) in [6.07, 6.45) is 5.43. The quantitative estimate of drug-likeness (QED) is 0.290. The highest BCUT2D eigenvalue weighted by Crippen LogP contribution is 1.91. The molecule has 0 saturated heterocycles. The molecule has 0 spiro atoms. The minimum atomic E-state index is -0.790. The molecule has 1 atom stereocenters. The van der Waals surface area contributed by atoms with Gasteiger partial charge in [0.1, 0.15) is 6.23 Å². The zero-order valence-corrected chi connectivity index (χ0v) is 7.82. The van der Waals surface area contributed by atoms with E-state index in [2.05, 4.69) is 16.9 Å². The third kappa shape index (κ3) is 9.20. The molecule has 0 aliphatic heterocycles. The molecule has 0 aliphatic rings. The smallest absolute Gasteiger partial charge is 0.128 e. The Hall–Kier alpha value is -0.710. The number of unbranched alkanes of at least 4 members (excludes halogenated alkanes) is 2. The van der Waals surface area contributed by atoms with Gasteiger partial charge in [0.15, 0.2) is 0 Å². The number of aliphatic hydroxyl groups is 2. The standard InChI is InChI=1S/C9H18N2O2/c1-2-10-6-4-3-5-7-11-9(13)8-12/h2,6,9,11-13H,1,3-5,7-8H2. The lowest BCUT2D eigenvalue weighted by Gasteiger charge is -2.08. The van der Waals surface area contributed by atoms with Crippen molar-refractivity contribution >= 4 is 6.21 Å². The van der Waals surface area contributed by atoms with Crippen molar-refractivity contribution in [3.05, 3.63) is 12.8 Å². The van der Waals surface area contributed by atoms with Crippen molar-refractivity contribution < 1.29 is 10.2 Å². The molecule has 0 rings (SSSR count). The van der Waals surface area contributed by atoms with Gasteiger partial charge in [0.2, 0.25) is 0 Å². The van der Waals surface area contributed by atoms with Crippen molar-refractivity contribution in [2.24, 2.45) is 4.99 Å². The highest BCUT2D eigenvalue weighted by molar-refractivity contribution is 5.57. The Morgan fingerprint density at radius 1 is 1.46 bits per heavy atom. The molecule has 0 heterocycles. The second-order valence-electron chi connectivity index (χ2n) is 2.66. The Morgan fingerprint density at radius 3 is 2.85 bits per heavy atom. The van der Waals surface area contributed by atoms with Crippen molar-refractivity contribution in [2.75, 3.05) is 13.2 Å². The van der Waals surface area contributed by atoms with Crippen LogP contribution in [0.3, 0.4) is 0 Å². The monoisotopic (exact) mass is 186 g/mol. The zero-order valence-electron chi connectivity index (χ0n) is 7.82. The van der Waals surface area contributed by atoms with Gasteiger partial charge in [-0.25, -0.2) is 0 Å². The fourth-order valence-corrected chi connectivity index (χ4v) is 0.843. The second-order valence-corrected chi connectivity index (χ2v) is 2.66. The number of rotatable bonds is 8. The van der Waals surface area contributed by atoms with Gasteiger partial charge in [0.05, 0.1) is 6.61 Å². The molecule has 0 fully saturated rings. The highest BCUT2D eigenvalue weighted by Gasteiger charge is 1.97. The van der Waals surface area contributed by atoms with E-state index in [-0.39, 0.29) is 6.61 Å². The normalized spacial score (nSPS) is 13.4. The molecule has 0 saturated carbocycles. The molecule has 0 aromatic heterocycles. The topological polar surface area (TPSA) is 64.9 Å². The molecular weight excluding hydrogens is 168 g/mol. The highest BCUT2D eigenvalue weighted by atomic mass is 16.3. The summed E-state index contributed by atoms with van der Waals surface area (Å²) in [6.45, 7) is 3.93. The van der Waals surface area contributed by atoms with E-state index in [0.717, 1.165) is 19.3 Å². The van der Waals surface area contributed by atoms with E-state index >= 15 is 0 Å². The second kappa shape index (κ2) is 9.38. The van der Waals surface area contributed by atoms with Crippen molar-refractivity contribution in [1.29, 1.82) is 0 Å². The van der Waals surface area contributed by atoms with E-state index in [1.807, 2.05) is 6.21 Å². The Morgan fingerprint density at radius 2 is 2.23 bits per heavy atom. The van der Waals surface area contributed by atoms with Crippen LogP contribution in [0.2, 0.25) is 0 Å². The molecule has 1 unspecified atom stereocenters. The first-order valence-electron chi connectivity index (χ1n) is 4.46. The number of nitrogens with one attached hydrogen (secondary N) is 1. The average molecular weight is 186 g/mol. The molecular formula is C9H18N2O2. The summed E-state index contributed by atoms with van der Waals surface area (Å²) in [5, 5.41) is 20.1. The maximum Gasteiger partial charge on any atom is 0.128 e. The summed E-state index contributed by atoms with van der Waals surface area (Å²) in [5.41, 5.74) is 0. The van der Waals surface area contributed by atoms with E-state index < -0.39 is 6.23 Å². The predicted molar refractivity (Wildman–Crippen MR) is 53.6 cm³/mol. The van der Waals surface area contributed by atoms with Gasteiger partial charge in [-0.2, -0.15) is 0 Å². The number of hydrogen-bond donors (Lipinski definition) is 3. The van der Waals surface area contributed by atoms with Gasteiger partial charge in [-0.15, -0.1) is 0 Å². The first-order chi connectivity index (χ1) is 6.31. The molecule has 4 heteroatoms. The number of aliphatic imine (C=N–C) groups is 1. The zero-order chi connectivity index (χ0) is 9.94. The Labute approximate surface area is 79.0 Å². The SMILES string of the molecule is C=CN=CCCCCNC(O)CO. The van der Waals surface area contributed by atoms with Gasteiger partial charge in [-0.05, 0) is 25.8 Å². The van der Waals surface area contributed by atoms with E-state index in [0.29, 0.717) is 6.54 Å². The van der Waals surface area contributed by atoms with Crippen LogP contribution >= 0.6 is 0 Å². The maximum absolute atomic E-state index is 8.90.